The predicted molar refractivity (Wildman–Crippen MR) is 88.5 cm³/mol. The summed E-state index contributed by atoms with van der Waals surface area (Å²) in [5.74, 6) is 2.06. The van der Waals surface area contributed by atoms with Crippen LogP contribution >= 0.6 is 0 Å². The fourth-order valence-electron chi connectivity index (χ4n) is 3.65. The minimum absolute atomic E-state index is 0.305. The lowest BCUT2D eigenvalue weighted by Gasteiger charge is -2.27. The van der Waals surface area contributed by atoms with E-state index >= 15 is 0 Å². The number of rotatable bonds is 3. The number of aromatic nitrogens is 2. The third-order valence-corrected chi connectivity index (χ3v) is 4.94. The minimum atomic E-state index is 0.305. The van der Waals surface area contributed by atoms with Crippen LogP contribution in [0.3, 0.4) is 0 Å². The maximum absolute atomic E-state index is 4.90. The minimum Gasteiger partial charge on any atom is -0.356 e. The highest BCUT2D eigenvalue weighted by Gasteiger charge is 2.23. The Labute approximate surface area is 132 Å². The Kier molecular flexibility index (Phi) is 4.12. The molecular formula is C16H26N6. The average Bonchev–Trinajstić information content (AvgIpc) is 3.29. The molecule has 3 saturated heterocycles. The van der Waals surface area contributed by atoms with E-state index in [0.29, 0.717) is 6.04 Å². The van der Waals surface area contributed by atoms with Crippen molar-refractivity contribution in [1.82, 2.24) is 20.6 Å². The van der Waals surface area contributed by atoms with E-state index in [0.717, 1.165) is 63.3 Å². The van der Waals surface area contributed by atoms with Gasteiger partial charge in [-0.25, -0.2) is 4.98 Å². The van der Waals surface area contributed by atoms with Crippen LogP contribution in [0.5, 0.6) is 0 Å². The van der Waals surface area contributed by atoms with E-state index in [9.17, 15) is 0 Å². The third-order valence-electron chi connectivity index (χ3n) is 4.94. The zero-order valence-corrected chi connectivity index (χ0v) is 13.2. The van der Waals surface area contributed by atoms with Crippen molar-refractivity contribution in [3.8, 4) is 0 Å². The Morgan fingerprint density at radius 3 is 2.32 bits per heavy atom. The molecule has 6 nitrogen and oxygen atoms in total. The molecule has 22 heavy (non-hydrogen) atoms. The topological polar surface area (TPSA) is 56.3 Å². The SMILES string of the molecule is c1c(C2CNCCN2)nc(N2CCCC2)nc1N1CCCC1. The normalized spacial score (nSPS) is 25.9. The second-order valence-corrected chi connectivity index (χ2v) is 6.55. The zero-order valence-electron chi connectivity index (χ0n) is 13.2. The Bertz CT molecular complexity index is 467. The molecule has 0 spiro atoms. The highest BCUT2D eigenvalue weighted by atomic mass is 15.3. The summed E-state index contributed by atoms with van der Waals surface area (Å²) in [4.78, 5) is 14.5. The smallest absolute Gasteiger partial charge is 0.227 e. The first-order chi connectivity index (χ1) is 10.9. The summed E-state index contributed by atoms with van der Waals surface area (Å²) >= 11 is 0. The van der Waals surface area contributed by atoms with Gasteiger partial charge in [-0.3, -0.25) is 0 Å². The van der Waals surface area contributed by atoms with Gasteiger partial charge in [0.05, 0.1) is 11.7 Å². The molecule has 0 aromatic carbocycles. The number of hydrogen-bond acceptors (Lipinski definition) is 6. The Balaban J connectivity index is 1.65. The first-order valence-electron chi connectivity index (χ1n) is 8.73. The largest absolute Gasteiger partial charge is 0.356 e. The predicted octanol–water partition coefficient (Wildman–Crippen LogP) is 0.911. The van der Waals surface area contributed by atoms with E-state index in [1.54, 1.807) is 0 Å². The van der Waals surface area contributed by atoms with Gasteiger partial charge in [0.25, 0.3) is 0 Å². The molecule has 1 aromatic heterocycles. The first-order valence-corrected chi connectivity index (χ1v) is 8.73. The van der Waals surface area contributed by atoms with Crippen molar-refractivity contribution in [1.29, 1.82) is 0 Å². The van der Waals surface area contributed by atoms with Gasteiger partial charge in [-0.15, -0.1) is 0 Å². The summed E-state index contributed by atoms with van der Waals surface area (Å²) in [5, 5.41) is 7.04. The van der Waals surface area contributed by atoms with Gasteiger partial charge in [-0.1, -0.05) is 0 Å². The van der Waals surface area contributed by atoms with Crippen LogP contribution in [0.1, 0.15) is 37.4 Å². The van der Waals surface area contributed by atoms with E-state index in [4.69, 9.17) is 9.97 Å². The van der Waals surface area contributed by atoms with Gasteiger partial charge in [0, 0.05) is 51.9 Å². The van der Waals surface area contributed by atoms with Gasteiger partial charge in [0.1, 0.15) is 5.82 Å². The van der Waals surface area contributed by atoms with Crippen LogP contribution in [0.15, 0.2) is 6.07 Å². The average molecular weight is 302 g/mol. The molecule has 2 N–H and O–H groups in total. The second-order valence-electron chi connectivity index (χ2n) is 6.55. The lowest BCUT2D eigenvalue weighted by molar-refractivity contribution is 0.422. The molecule has 120 valence electrons. The molecule has 4 rings (SSSR count). The molecule has 1 unspecified atom stereocenters. The van der Waals surface area contributed by atoms with E-state index in [1.807, 2.05) is 0 Å². The maximum atomic E-state index is 4.90. The fraction of sp³-hybridized carbons (Fsp3) is 0.750. The van der Waals surface area contributed by atoms with Gasteiger partial charge >= 0.3 is 0 Å². The lowest BCUT2D eigenvalue weighted by atomic mass is 10.1. The Morgan fingerprint density at radius 1 is 0.909 bits per heavy atom. The van der Waals surface area contributed by atoms with Crippen molar-refractivity contribution in [3.63, 3.8) is 0 Å². The van der Waals surface area contributed by atoms with Crippen molar-refractivity contribution < 1.29 is 0 Å². The quantitative estimate of drug-likeness (QED) is 0.866. The number of nitrogens with zero attached hydrogens (tertiary/aromatic N) is 4. The molecule has 4 heterocycles. The van der Waals surface area contributed by atoms with Crippen molar-refractivity contribution in [2.75, 3.05) is 55.6 Å². The maximum Gasteiger partial charge on any atom is 0.227 e. The van der Waals surface area contributed by atoms with Crippen LogP contribution in [0.25, 0.3) is 0 Å². The number of anilines is 2. The summed E-state index contributed by atoms with van der Waals surface area (Å²) in [5.41, 5.74) is 1.14. The molecule has 3 aliphatic rings. The summed E-state index contributed by atoms with van der Waals surface area (Å²) in [7, 11) is 0. The molecule has 1 aromatic rings. The van der Waals surface area contributed by atoms with Gasteiger partial charge in [0.15, 0.2) is 0 Å². The van der Waals surface area contributed by atoms with Crippen molar-refractivity contribution in [2.24, 2.45) is 0 Å². The van der Waals surface area contributed by atoms with Crippen LogP contribution in [-0.4, -0.2) is 55.8 Å². The van der Waals surface area contributed by atoms with E-state index in [-0.39, 0.29) is 0 Å². The van der Waals surface area contributed by atoms with E-state index < -0.39 is 0 Å². The zero-order chi connectivity index (χ0) is 14.8. The van der Waals surface area contributed by atoms with Crippen molar-refractivity contribution in [3.05, 3.63) is 11.8 Å². The van der Waals surface area contributed by atoms with E-state index in [2.05, 4.69) is 26.5 Å². The molecule has 0 bridgehead atoms. The highest BCUT2D eigenvalue weighted by Crippen LogP contribution is 2.26. The van der Waals surface area contributed by atoms with Gasteiger partial charge in [-0.2, -0.15) is 4.98 Å². The number of hydrogen-bond donors (Lipinski definition) is 2. The third kappa shape index (κ3) is 2.90. The highest BCUT2D eigenvalue weighted by molar-refractivity contribution is 5.47. The molecular weight excluding hydrogens is 276 g/mol. The van der Waals surface area contributed by atoms with Crippen LogP contribution in [-0.2, 0) is 0 Å². The molecule has 1 atom stereocenters. The lowest BCUT2D eigenvalue weighted by Crippen LogP contribution is -2.43. The summed E-state index contributed by atoms with van der Waals surface area (Å²) in [6.45, 7) is 7.46. The van der Waals surface area contributed by atoms with Crippen LogP contribution < -0.4 is 20.4 Å². The molecule has 3 aliphatic heterocycles. The van der Waals surface area contributed by atoms with Crippen LogP contribution in [0.4, 0.5) is 11.8 Å². The summed E-state index contributed by atoms with van der Waals surface area (Å²) in [6.07, 6.45) is 5.08. The summed E-state index contributed by atoms with van der Waals surface area (Å²) in [6, 6.07) is 2.51. The van der Waals surface area contributed by atoms with Gasteiger partial charge in [0.2, 0.25) is 5.95 Å². The molecule has 0 amide bonds. The number of piperazine rings is 1. The molecule has 6 heteroatoms. The molecule has 0 aliphatic carbocycles. The Morgan fingerprint density at radius 2 is 1.64 bits per heavy atom. The second kappa shape index (κ2) is 6.38. The molecule has 0 saturated carbocycles. The van der Waals surface area contributed by atoms with Gasteiger partial charge < -0.3 is 20.4 Å². The standard InChI is InChI=1S/C16H26N6/c1-2-8-21(7-1)15-11-13(14-12-17-5-6-18-14)19-16(20-15)22-9-3-4-10-22/h11,14,17-18H,1-10,12H2. The first kappa shape index (κ1) is 14.2. The van der Waals surface area contributed by atoms with E-state index in [1.165, 1.54) is 25.7 Å². The fourth-order valence-corrected chi connectivity index (χ4v) is 3.65. The Hall–Kier alpha value is -1.40. The van der Waals surface area contributed by atoms with Crippen LogP contribution in [0.2, 0.25) is 0 Å². The van der Waals surface area contributed by atoms with Crippen molar-refractivity contribution >= 4 is 11.8 Å². The van der Waals surface area contributed by atoms with Crippen molar-refractivity contribution in [2.45, 2.75) is 31.7 Å². The summed E-state index contributed by atoms with van der Waals surface area (Å²) < 4.78 is 0. The van der Waals surface area contributed by atoms with Gasteiger partial charge in [-0.05, 0) is 25.7 Å². The van der Waals surface area contributed by atoms with Crippen LogP contribution in [0, 0.1) is 0 Å². The number of nitrogens with one attached hydrogen (secondary N) is 2. The monoisotopic (exact) mass is 302 g/mol. The molecule has 3 fully saturated rings. The molecule has 0 radical (unpaired) electrons.